The number of carbonyl (C=O) groups excluding carboxylic acids is 1. The average molecular weight is 412 g/mol. The summed E-state index contributed by atoms with van der Waals surface area (Å²) in [5, 5.41) is 22.8. The number of para-hydroxylation sites is 1. The molecular formula is C20H18ClN5O3. The first-order chi connectivity index (χ1) is 14.0. The van der Waals surface area contributed by atoms with Gasteiger partial charge in [-0.15, -0.1) is 0 Å². The van der Waals surface area contributed by atoms with E-state index in [9.17, 15) is 20.2 Å². The fourth-order valence-electron chi connectivity index (χ4n) is 3.00. The molecule has 3 rings (SSSR count). The van der Waals surface area contributed by atoms with E-state index in [1.807, 2.05) is 41.3 Å². The number of amides is 1. The molecule has 8 nitrogen and oxygen atoms in total. The summed E-state index contributed by atoms with van der Waals surface area (Å²) in [6, 6.07) is 15.9. The molecule has 1 fully saturated rings. The number of nitriles is 1. The highest BCUT2D eigenvalue weighted by Crippen LogP contribution is 2.27. The number of nitrogens with zero attached hydrogens (tertiary/aromatic N) is 4. The second-order valence-electron chi connectivity index (χ2n) is 6.39. The van der Waals surface area contributed by atoms with Gasteiger partial charge in [-0.05, 0) is 24.3 Å². The van der Waals surface area contributed by atoms with E-state index in [0.29, 0.717) is 13.1 Å². The zero-order valence-corrected chi connectivity index (χ0v) is 16.2. The van der Waals surface area contributed by atoms with Crippen LogP contribution in [-0.2, 0) is 4.79 Å². The number of rotatable bonds is 5. The molecule has 2 aromatic carbocycles. The number of nitrogens with one attached hydrogen (secondary N) is 1. The minimum Gasteiger partial charge on any atom is -0.373 e. The maximum Gasteiger partial charge on any atom is 0.289 e. The summed E-state index contributed by atoms with van der Waals surface area (Å²) in [4.78, 5) is 26.9. The number of nitro benzene ring substituents is 1. The number of benzene rings is 2. The summed E-state index contributed by atoms with van der Waals surface area (Å²) in [6.45, 7) is 2.87. The van der Waals surface area contributed by atoms with Crippen LogP contribution in [0.2, 0.25) is 5.02 Å². The molecule has 1 amide bonds. The van der Waals surface area contributed by atoms with Crippen molar-refractivity contribution in [1.82, 2.24) is 4.90 Å². The molecule has 9 heteroatoms. The highest BCUT2D eigenvalue weighted by Gasteiger charge is 2.19. The molecule has 0 aromatic heterocycles. The first kappa shape index (κ1) is 20.2. The Hall–Kier alpha value is -3.57. The maximum absolute atomic E-state index is 12.4. The lowest BCUT2D eigenvalue weighted by Gasteiger charge is -2.35. The van der Waals surface area contributed by atoms with E-state index in [4.69, 9.17) is 11.6 Å². The lowest BCUT2D eigenvalue weighted by molar-refractivity contribution is -0.384. The monoisotopic (exact) mass is 411 g/mol. The van der Waals surface area contributed by atoms with Crippen LogP contribution in [0.4, 0.5) is 17.1 Å². The van der Waals surface area contributed by atoms with Crippen molar-refractivity contribution < 1.29 is 9.72 Å². The van der Waals surface area contributed by atoms with Crippen molar-refractivity contribution in [3.8, 4) is 6.07 Å². The fourth-order valence-corrected chi connectivity index (χ4v) is 3.18. The summed E-state index contributed by atoms with van der Waals surface area (Å²) in [7, 11) is 0. The molecule has 0 aliphatic carbocycles. The molecule has 29 heavy (non-hydrogen) atoms. The van der Waals surface area contributed by atoms with Crippen LogP contribution in [0.15, 0.2) is 60.3 Å². The topological polar surface area (TPSA) is 103 Å². The lowest BCUT2D eigenvalue weighted by atomic mass is 10.2. The van der Waals surface area contributed by atoms with E-state index in [2.05, 4.69) is 10.2 Å². The number of halogens is 1. The lowest BCUT2D eigenvalue weighted by Crippen LogP contribution is -2.44. The van der Waals surface area contributed by atoms with E-state index in [0.717, 1.165) is 24.8 Å². The van der Waals surface area contributed by atoms with Crippen molar-refractivity contribution >= 4 is 34.6 Å². The fraction of sp³-hybridized carbons (Fsp3) is 0.200. The standard InChI is InChI=1S/C20H18ClN5O3/c21-18-7-6-16(12-19(18)26(28)29)23-20(27)15(13-22)14-24-8-10-25(11-9-24)17-4-2-1-3-5-17/h1-7,12,14H,8-11H2,(H,23,27)/b15-14-. The van der Waals surface area contributed by atoms with Gasteiger partial charge < -0.3 is 15.1 Å². The Morgan fingerprint density at radius 2 is 1.86 bits per heavy atom. The van der Waals surface area contributed by atoms with Gasteiger partial charge in [-0.25, -0.2) is 0 Å². The number of hydrogen-bond donors (Lipinski definition) is 1. The quantitative estimate of drug-likeness (QED) is 0.350. The van der Waals surface area contributed by atoms with Crippen molar-refractivity contribution in [2.24, 2.45) is 0 Å². The summed E-state index contributed by atoms with van der Waals surface area (Å²) >= 11 is 5.77. The van der Waals surface area contributed by atoms with Crippen molar-refractivity contribution in [3.05, 3.63) is 75.4 Å². The maximum atomic E-state index is 12.4. The van der Waals surface area contributed by atoms with Crippen LogP contribution >= 0.6 is 11.6 Å². The van der Waals surface area contributed by atoms with Crippen molar-refractivity contribution in [2.45, 2.75) is 0 Å². The number of carbonyl (C=O) groups is 1. The summed E-state index contributed by atoms with van der Waals surface area (Å²) < 4.78 is 0. The van der Waals surface area contributed by atoms with E-state index >= 15 is 0 Å². The molecule has 148 valence electrons. The second kappa shape index (κ2) is 9.08. The Labute approximate surface area is 172 Å². The van der Waals surface area contributed by atoms with Crippen LogP contribution < -0.4 is 10.2 Å². The molecule has 0 radical (unpaired) electrons. The molecule has 1 heterocycles. The number of hydrogen-bond acceptors (Lipinski definition) is 6. The Bertz CT molecular complexity index is 979. The Kier molecular flexibility index (Phi) is 6.32. The van der Waals surface area contributed by atoms with Crippen LogP contribution in [0.25, 0.3) is 0 Å². The van der Waals surface area contributed by atoms with Gasteiger partial charge in [0.25, 0.3) is 11.6 Å². The van der Waals surface area contributed by atoms with Gasteiger partial charge in [0.05, 0.1) is 4.92 Å². The normalized spacial score (nSPS) is 14.3. The van der Waals surface area contributed by atoms with Gasteiger partial charge in [-0.1, -0.05) is 29.8 Å². The molecule has 1 N–H and O–H groups in total. The highest BCUT2D eigenvalue weighted by molar-refractivity contribution is 6.32. The molecule has 1 saturated heterocycles. The summed E-state index contributed by atoms with van der Waals surface area (Å²) in [5.41, 5.74) is 0.944. The molecule has 0 unspecified atom stereocenters. The smallest absolute Gasteiger partial charge is 0.289 e. The first-order valence-electron chi connectivity index (χ1n) is 8.89. The third-order valence-electron chi connectivity index (χ3n) is 4.51. The van der Waals surface area contributed by atoms with Crippen LogP contribution in [0.3, 0.4) is 0 Å². The van der Waals surface area contributed by atoms with Crippen LogP contribution in [0.1, 0.15) is 0 Å². The SMILES string of the molecule is N#C/C(=C/N1CCN(c2ccccc2)CC1)C(=O)Nc1ccc(Cl)c([N+](=O)[O-])c1. The number of piperazine rings is 1. The minimum atomic E-state index is -0.634. The second-order valence-corrected chi connectivity index (χ2v) is 6.80. The van der Waals surface area contributed by atoms with E-state index in [1.165, 1.54) is 18.3 Å². The molecule has 0 atom stereocenters. The van der Waals surface area contributed by atoms with Gasteiger partial charge in [0, 0.05) is 49.8 Å². The Morgan fingerprint density at radius 1 is 1.17 bits per heavy atom. The van der Waals surface area contributed by atoms with E-state index in [1.54, 1.807) is 0 Å². The van der Waals surface area contributed by atoms with Crippen molar-refractivity contribution in [1.29, 1.82) is 5.26 Å². The average Bonchev–Trinajstić information content (AvgIpc) is 2.74. The van der Waals surface area contributed by atoms with Crippen molar-refractivity contribution in [2.75, 3.05) is 36.4 Å². The van der Waals surface area contributed by atoms with Gasteiger partial charge in [0.2, 0.25) is 0 Å². The Morgan fingerprint density at radius 3 is 2.48 bits per heavy atom. The van der Waals surface area contributed by atoms with Gasteiger partial charge >= 0.3 is 0 Å². The van der Waals surface area contributed by atoms with Crippen LogP contribution in [0.5, 0.6) is 0 Å². The zero-order valence-electron chi connectivity index (χ0n) is 15.4. The molecule has 1 aliphatic heterocycles. The van der Waals surface area contributed by atoms with Gasteiger partial charge in [0.1, 0.15) is 16.7 Å². The largest absolute Gasteiger partial charge is 0.373 e. The van der Waals surface area contributed by atoms with Gasteiger partial charge in [-0.3, -0.25) is 14.9 Å². The van der Waals surface area contributed by atoms with E-state index in [-0.39, 0.29) is 22.0 Å². The van der Waals surface area contributed by atoms with Crippen molar-refractivity contribution in [3.63, 3.8) is 0 Å². The van der Waals surface area contributed by atoms with Gasteiger partial charge in [0.15, 0.2) is 0 Å². The zero-order chi connectivity index (χ0) is 20.8. The predicted molar refractivity (Wildman–Crippen MR) is 111 cm³/mol. The minimum absolute atomic E-state index is 0.0275. The molecule has 2 aromatic rings. The highest BCUT2D eigenvalue weighted by atomic mass is 35.5. The van der Waals surface area contributed by atoms with Crippen LogP contribution in [-0.4, -0.2) is 41.9 Å². The van der Waals surface area contributed by atoms with Gasteiger partial charge in [-0.2, -0.15) is 5.26 Å². The Balaban J connectivity index is 1.64. The van der Waals surface area contributed by atoms with E-state index < -0.39 is 10.8 Å². The molecule has 1 aliphatic rings. The first-order valence-corrected chi connectivity index (χ1v) is 9.27. The molecule has 0 saturated carbocycles. The predicted octanol–water partition coefficient (Wildman–Crippen LogP) is 3.42. The molecular weight excluding hydrogens is 394 g/mol. The summed E-state index contributed by atoms with van der Waals surface area (Å²) in [6.07, 6.45) is 1.53. The third kappa shape index (κ3) is 5.03. The number of nitro groups is 1. The molecule has 0 bridgehead atoms. The summed E-state index contributed by atoms with van der Waals surface area (Å²) in [5.74, 6) is -0.630. The number of anilines is 2. The molecule has 0 spiro atoms. The van der Waals surface area contributed by atoms with Crippen LogP contribution in [0, 0.1) is 21.4 Å². The third-order valence-corrected chi connectivity index (χ3v) is 4.83.